The number of hydrogen-bond donors (Lipinski definition) is 1. The Labute approximate surface area is 120 Å². The van der Waals surface area contributed by atoms with Crippen molar-refractivity contribution in [2.75, 3.05) is 18.4 Å². The molecule has 0 bridgehead atoms. The third-order valence-corrected chi connectivity index (χ3v) is 3.64. The fourth-order valence-corrected chi connectivity index (χ4v) is 2.47. The van der Waals surface area contributed by atoms with Gasteiger partial charge in [-0.1, -0.05) is 13.8 Å². The van der Waals surface area contributed by atoms with Gasteiger partial charge < -0.3 is 10.2 Å². The molecular formula is C14H23N5O. The second-order valence-electron chi connectivity index (χ2n) is 5.13. The molecule has 0 spiro atoms. The fourth-order valence-electron chi connectivity index (χ4n) is 2.47. The number of aromatic nitrogens is 3. The zero-order valence-corrected chi connectivity index (χ0v) is 12.5. The molecule has 0 aliphatic carbocycles. The van der Waals surface area contributed by atoms with E-state index in [0.29, 0.717) is 5.95 Å². The Hall–Kier alpha value is -1.72. The molecule has 1 aliphatic heterocycles. The molecule has 1 atom stereocenters. The lowest BCUT2D eigenvalue weighted by molar-refractivity contribution is -0.130. The second-order valence-corrected chi connectivity index (χ2v) is 5.13. The van der Waals surface area contributed by atoms with Gasteiger partial charge in [-0.3, -0.25) is 4.79 Å². The van der Waals surface area contributed by atoms with E-state index in [9.17, 15) is 4.79 Å². The maximum absolute atomic E-state index is 12.2. The van der Waals surface area contributed by atoms with E-state index in [1.165, 1.54) is 0 Å². The summed E-state index contributed by atoms with van der Waals surface area (Å²) in [6.07, 6.45) is 3.84. The van der Waals surface area contributed by atoms with E-state index in [2.05, 4.69) is 20.5 Å². The maximum Gasteiger partial charge on any atom is 0.244 e. The van der Waals surface area contributed by atoms with Crippen LogP contribution in [0.25, 0.3) is 0 Å². The van der Waals surface area contributed by atoms with E-state index in [4.69, 9.17) is 0 Å². The highest BCUT2D eigenvalue weighted by Crippen LogP contribution is 2.12. The first-order valence-corrected chi connectivity index (χ1v) is 7.43. The number of amides is 1. The van der Waals surface area contributed by atoms with Crippen LogP contribution in [0.5, 0.6) is 0 Å². The van der Waals surface area contributed by atoms with Crippen molar-refractivity contribution in [3.05, 3.63) is 11.4 Å². The van der Waals surface area contributed by atoms with Crippen molar-refractivity contribution < 1.29 is 4.79 Å². The fraction of sp³-hybridized carbons (Fsp3) is 0.714. The van der Waals surface area contributed by atoms with Crippen LogP contribution < -0.4 is 5.32 Å². The lowest BCUT2D eigenvalue weighted by Gasteiger charge is -2.21. The highest BCUT2D eigenvalue weighted by atomic mass is 16.2. The number of carbonyl (C=O) groups is 1. The van der Waals surface area contributed by atoms with Gasteiger partial charge in [0.1, 0.15) is 6.04 Å². The number of carbonyl (C=O) groups excluding carboxylic acids is 1. The Bertz CT molecular complexity index is 471. The van der Waals surface area contributed by atoms with Crippen LogP contribution in [0.4, 0.5) is 5.95 Å². The number of anilines is 1. The molecule has 2 rings (SSSR count). The van der Waals surface area contributed by atoms with Crippen LogP contribution in [0.1, 0.15) is 45.0 Å². The minimum Gasteiger partial charge on any atom is -0.341 e. The largest absolute Gasteiger partial charge is 0.341 e. The molecule has 6 heteroatoms. The summed E-state index contributed by atoms with van der Waals surface area (Å²) in [5.41, 5.74) is 1.88. The van der Waals surface area contributed by atoms with Gasteiger partial charge in [0.15, 0.2) is 0 Å². The molecule has 110 valence electrons. The minimum atomic E-state index is -0.313. The van der Waals surface area contributed by atoms with Gasteiger partial charge in [-0.05, 0) is 32.6 Å². The highest BCUT2D eigenvalue weighted by molar-refractivity contribution is 5.84. The van der Waals surface area contributed by atoms with E-state index < -0.39 is 0 Å². The number of rotatable bonds is 5. The first kappa shape index (κ1) is 14.7. The molecule has 0 aromatic carbocycles. The summed E-state index contributed by atoms with van der Waals surface area (Å²) in [7, 11) is 0. The zero-order valence-electron chi connectivity index (χ0n) is 12.5. The van der Waals surface area contributed by atoms with Gasteiger partial charge in [-0.2, -0.15) is 5.10 Å². The van der Waals surface area contributed by atoms with E-state index in [-0.39, 0.29) is 11.9 Å². The predicted octanol–water partition coefficient (Wildman–Crippen LogP) is 1.42. The number of nitrogens with zero attached hydrogens (tertiary/aromatic N) is 4. The lowest BCUT2D eigenvalue weighted by atomic mass is 10.2. The molecule has 0 saturated carbocycles. The van der Waals surface area contributed by atoms with Crippen LogP contribution >= 0.6 is 0 Å². The maximum atomic E-state index is 12.2. The molecular weight excluding hydrogens is 254 g/mol. The average molecular weight is 277 g/mol. The van der Waals surface area contributed by atoms with Gasteiger partial charge in [-0.15, -0.1) is 5.10 Å². The van der Waals surface area contributed by atoms with Gasteiger partial charge in [0, 0.05) is 13.1 Å². The summed E-state index contributed by atoms with van der Waals surface area (Å²) in [5, 5.41) is 11.3. The number of aryl methyl sites for hydroxylation is 2. The Morgan fingerprint density at radius 3 is 2.45 bits per heavy atom. The van der Waals surface area contributed by atoms with Gasteiger partial charge >= 0.3 is 0 Å². The van der Waals surface area contributed by atoms with Crippen molar-refractivity contribution in [3.8, 4) is 0 Å². The second kappa shape index (κ2) is 6.63. The Morgan fingerprint density at radius 2 is 1.85 bits per heavy atom. The van der Waals surface area contributed by atoms with Gasteiger partial charge in [0.25, 0.3) is 0 Å². The SMILES string of the molecule is CCc1nnc(NC(C)C(=O)N2CCCC2)nc1CC. The van der Waals surface area contributed by atoms with Crippen molar-refractivity contribution in [2.24, 2.45) is 0 Å². The molecule has 2 heterocycles. The number of nitrogens with one attached hydrogen (secondary N) is 1. The topological polar surface area (TPSA) is 71.0 Å². The molecule has 20 heavy (non-hydrogen) atoms. The molecule has 6 nitrogen and oxygen atoms in total. The third-order valence-electron chi connectivity index (χ3n) is 3.64. The van der Waals surface area contributed by atoms with Crippen LogP contribution in [0.15, 0.2) is 0 Å². The summed E-state index contributed by atoms with van der Waals surface area (Å²) in [6, 6.07) is -0.313. The lowest BCUT2D eigenvalue weighted by Crippen LogP contribution is -2.40. The van der Waals surface area contributed by atoms with Crippen molar-refractivity contribution in [3.63, 3.8) is 0 Å². The highest BCUT2D eigenvalue weighted by Gasteiger charge is 2.23. The standard InChI is InChI=1S/C14H23N5O/c1-4-11-12(5-2)17-18-14(16-11)15-10(3)13(20)19-8-6-7-9-19/h10H,4-9H2,1-3H3,(H,15,16,18). The third kappa shape index (κ3) is 3.23. The van der Waals surface area contributed by atoms with Crippen molar-refractivity contribution >= 4 is 11.9 Å². The molecule has 0 radical (unpaired) electrons. The molecule has 1 amide bonds. The monoisotopic (exact) mass is 277 g/mol. The Balaban J connectivity index is 2.03. The molecule has 1 aromatic heterocycles. The van der Waals surface area contributed by atoms with Crippen LogP contribution in [0, 0.1) is 0 Å². The smallest absolute Gasteiger partial charge is 0.244 e. The number of hydrogen-bond acceptors (Lipinski definition) is 5. The first-order chi connectivity index (χ1) is 9.65. The van der Waals surface area contributed by atoms with Crippen molar-refractivity contribution in [1.82, 2.24) is 20.1 Å². The molecule has 1 aromatic rings. The molecule has 1 aliphatic rings. The molecule has 1 saturated heterocycles. The van der Waals surface area contributed by atoms with Gasteiger partial charge in [-0.25, -0.2) is 4.98 Å². The van der Waals surface area contributed by atoms with Crippen LogP contribution in [-0.2, 0) is 17.6 Å². The van der Waals surface area contributed by atoms with E-state index >= 15 is 0 Å². The van der Waals surface area contributed by atoms with Crippen LogP contribution in [0.3, 0.4) is 0 Å². The summed E-state index contributed by atoms with van der Waals surface area (Å²) < 4.78 is 0. The Morgan fingerprint density at radius 1 is 1.20 bits per heavy atom. The summed E-state index contributed by atoms with van der Waals surface area (Å²) in [6.45, 7) is 7.66. The van der Waals surface area contributed by atoms with E-state index in [0.717, 1.165) is 50.2 Å². The molecule has 1 fully saturated rings. The summed E-state index contributed by atoms with van der Waals surface area (Å²) >= 11 is 0. The Kier molecular flexibility index (Phi) is 4.87. The normalized spacial score (nSPS) is 16.2. The molecule has 1 unspecified atom stereocenters. The van der Waals surface area contributed by atoms with Gasteiger partial charge in [0.2, 0.25) is 11.9 Å². The molecule has 1 N–H and O–H groups in total. The van der Waals surface area contributed by atoms with E-state index in [1.807, 2.05) is 25.7 Å². The minimum absolute atomic E-state index is 0.115. The number of likely N-dealkylation sites (tertiary alicyclic amines) is 1. The average Bonchev–Trinajstić information content (AvgIpc) is 3.00. The van der Waals surface area contributed by atoms with E-state index in [1.54, 1.807) is 0 Å². The van der Waals surface area contributed by atoms with Crippen molar-refractivity contribution in [1.29, 1.82) is 0 Å². The van der Waals surface area contributed by atoms with Crippen LogP contribution in [0.2, 0.25) is 0 Å². The van der Waals surface area contributed by atoms with Gasteiger partial charge in [0.05, 0.1) is 11.4 Å². The summed E-state index contributed by atoms with van der Waals surface area (Å²) in [4.78, 5) is 18.6. The van der Waals surface area contributed by atoms with Crippen molar-refractivity contribution in [2.45, 2.75) is 52.5 Å². The van der Waals surface area contributed by atoms with Crippen LogP contribution in [-0.4, -0.2) is 45.1 Å². The first-order valence-electron chi connectivity index (χ1n) is 7.43. The summed E-state index contributed by atoms with van der Waals surface area (Å²) in [5.74, 6) is 0.558. The zero-order chi connectivity index (χ0) is 14.5. The predicted molar refractivity (Wildman–Crippen MR) is 77.5 cm³/mol. The quantitative estimate of drug-likeness (QED) is 0.881.